The Morgan fingerprint density at radius 2 is 1.65 bits per heavy atom. The molecule has 6 nitrogen and oxygen atoms in total. The second-order valence-electron chi connectivity index (χ2n) is 7.53. The first kappa shape index (κ1) is 22.9. The third-order valence-corrected chi connectivity index (χ3v) is 5.36. The molecular formula is C25H33NO5. The summed E-state index contributed by atoms with van der Waals surface area (Å²) in [4.78, 5) is 14.4. The van der Waals surface area contributed by atoms with Crippen LogP contribution in [0.1, 0.15) is 42.1 Å². The summed E-state index contributed by atoms with van der Waals surface area (Å²) in [6.07, 6.45) is 3.96. The lowest BCUT2D eigenvalue weighted by atomic mass is 10.1. The Labute approximate surface area is 185 Å². The molecule has 0 atom stereocenters. The van der Waals surface area contributed by atoms with Crippen molar-refractivity contribution >= 4 is 5.91 Å². The second-order valence-corrected chi connectivity index (χ2v) is 7.53. The van der Waals surface area contributed by atoms with Crippen LogP contribution in [0.15, 0.2) is 42.5 Å². The fourth-order valence-corrected chi connectivity index (χ4v) is 3.44. The van der Waals surface area contributed by atoms with Crippen LogP contribution in [0.5, 0.6) is 17.2 Å². The second kappa shape index (κ2) is 12.2. The molecule has 1 fully saturated rings. The first-order valence-corrected chi connectivity index (χ1v) is 11.1. The third kappa shape index (κ3) is 6.89. The van der Waals surface area contributed by atoms with E-state index in [1.807, 2.05) is 18.2 Å². The zero-order chi connectivity index (χ0) is 21.9. The van der Waals surface area contributed by atoms with Crippen molar-refractivity contribution in [1.29, 1.82) is 0 Å². The van der Waals surface area contributed by atoms with Gasteiger partial charge in [0.05, 0.1) is 33.5 Å². The zero-order valence-electron chi connectivity index (χ0n) is 18.6. The monoisotopic (exact) mass is 427 g/mol. The number of hydrogen-bond acceptors (Lipinski definition) is 5. The van der Waals surface area contributed by atoms with Crippen molar-refractivity contribution in [2.75, 3.05) is 46.6 Å². The molecule has 31 heavy (non-hydrogen) atoms. The quantitative estimate of drug-likeness (QED) is 0.499. The van der Waals surface area contributed by atoms with Gasteiger partial charge in [0.25, 0.3) is 5.91 Å². The number of rotatable bonds is 11. The highest BCUT2D eigenvalue weighted by Crippen LogP contribution is 2.29. The van der Waals surface area contributed by atoms with Gasteiger partial charge in [0, 0.05) is 18.7 Å². The maximum atomic E-state index is 12.6. The van der Waals surface area contributed by atoms with Crippen LogP contribution in [0.4, 0.5) is 0 Å². The van der Waals surface area contributed by atoms with E-state index >= 15 is 0 Å². The van der Waals surface area contributed by atoms with E-state index in [1.54, 1.807) is 24.1 Å². The molecule has 6 heteroatoms. The van der Waals surface area contributed by atoms with Gasteiger partial charge in [-0.3, -0.25) is 4.79 Å². The maximum Gasteiger partial charge on any atom is 0.254 e. The van der Waals surface area contributed by atoms with Gasteiger partial charge in [-0.05, 0) is 61.6 Å². The van der Waals surface area contributed by atoms with Gasteiger partial charge in [-0.1, -0.05) is 19.1 Å². The van der Waals surface area contributed by atoms with Gasteiger partial charge in [-0.2, -0.15) is 0 Å². The van der Waals surface area contributed by atoms with Crippen molar-refractivity contribution in [2.45, 2.75) is 32.6 Å². The van der Waals surface area contributed by atoms with Crippen LogP contribution in [0.3, 0.4) is 0 Å². The van der Waals surface area contributed by atoms with Crippen molar-refractivity contribution in [3.8, 4) is 17.2 Å². The summed E-state index contributed by atoms with van der Waals surface area (Å²) in [7, 11) is 1.59. The van der Waals surface area contributed by atoms with Crippen LogP contribution in [-0.4, -0.2) is 57.4 Å². The van der Waals surface area contributed by atoms with E-state index in [1.165, 1.54) is 5.56 Å². The Morgan fingerprint density at radius 1 is 0.935 bits per heavy atom. The lowest BCUT2D eigenvalue weighted by Gasteiger charge is -2.27. The van der Waals surface area contributed by atoms with Crippen molar-refractivity contribution in [3.05, 3.63) is 53.6 Å². The zero-order valence-corrected chi connectivity index (χ0v) is 18.6. The van der Waals surface area contributed by atoms with E-state index in [0.717, 1.165) is 31.4 Å². The number of benzene rings is 2. The summed E-state index contributed by atoms with van der Waals surface area (Å²) in [6, 6.07) is 13.6. The Morgan fingerprint density at radius 3 is 2.32 bits per heavy atom. The van der Waals surface area contributed by atoms with Crippen LogP contribution in [0, 0.1) is 0 Å². The fraction of sp³-hybridized carbons (Fsp3) is 0.480. The minimum absolute atomic E-state index is 0.00233. The highest BCUT2D eigenvalue weighted by atomic mass is 16.5. The van der Waals surface area contributed by atoms with Crippen LogP contribution in [0.25, 0.3) is 0 Å². The summed E-state index contributed by atoms with van der Waals surface area (Å²) < 4.78 is 22.4. The lowest BCUT2D eigenvalue weighted by molar-refractivity contribution is 0.0302. The molecule has 0 saturated carbocycles. The molecule has 1 saturated heterocycles. The van der Waals surface area contributed by atoms with Crippen molar-refractivity contribution in [3.63, 3.8) is 0 Å². The van der Waals surface area contributed by atoms with Gasteiger partial charge in [-0.15, -0.1) is 0 Å². The number of carbonyl (C=O) groups is 1. The van der Waals surface area contributed by atoms with E-state index in [2.05, 4.69) is 19.1 Å². The molecule has 0 radical (unpaired) electrons. The number of amides is 1. The summed E-state index contributed by atoms with van der Waals surface area (Å²) in [5, 5.41) is 0. The number of nitrogens with zero attached hydrogens (tertiary/aromatic N) is 1. The van der Waals surface area contributed by atoms with Crippen LogP contribution in [0.2, 0.25) is 0 Å². The predicted octanol–water partition coefficient (Wildman–Crippen LogP) is 4.36. The average Bonchev–Trinajstić information content (AvgIpc) is 2.84. The molecule has 3 rings (SSSR count). The summed E-state index contributed by atoms with van der Waals surface area (Å²) in [6.45, 7) is 5.85. The molecule has 0 aromatic heterocycles. The van der Waals surface area contributed by atoms with Gasteiger partial charge < -0.3 is 23.8 Å². The normalized spacial score (nSPS) is 13.7. The largest absolute Gasteiger partial charge is 0.494 e. The van der Waals surface area contributed by atoms with Crippen LogP contribution in [-0.2, 0) is 11.2 Å². The number of aryl methyl sites for hydroxylation is 1. The van der Waals surface area contributed by atoms with E-state index < -0.39 is 0 Å². The van der Waals surface area contributed by atoms with Crippen LogP contribution < -0.4 is 14.2 Å². The van der Waals surface area contributed by atoms with Gasteiger partial charge in [0.2, 0.25) is 0 Å². The van der Waals surface area contributed by atoms with Gasteiger partial charge in [0.1, 0.15) is 5.75 Å². The molecule has 0 spiro atoms. The topological polar surface area (TPSA) is 57.2 Å². The molecule has 2 aromatic rings. The number of morpholine rings is 1. The number of methoxy groups -OCH3 is 1. The highest BCUT2D eigenvalue weighted by Gasteiger charge is 2.20. The van der Waals surface area contributed by atoms with E-state index in [0.29, 0.717) is 56.6 Å². The molecule has 1 aliphatic heterocycles. The fourth-order valence-electron chi connectivity index (χ4n) is 3.44. The van der Waals surface area contributed by atoms with E-state index in [4.69, 9.17) is 18.9 Å². The van der Waals surface area contributed by atoms with Gasteiger partial charge >= 0.3 is 0 Å². The van der Waals surface area contributed by atoms with Crippen molar-refractivity contribution < 1.29 is 23.7 Å². The molecule has 168 valence electrons. The molecule has 0 unspecified atom stereocenters. The molecular weight excluding hydrogens is 394 g/mol. The number of hydrogen-bond donors (Lipinski definition) is 0. The third-order valence-electron chi connectivity index (χ3n) is 5.36. The van der Waals surface area contributed by atoms with E-state index in [9.17, 15) is 4.79 Å². The minimum Gasteiger partial charge on any atom is -0.494 e. The average molecular weight is 428 g/mol. The van der Waals surface area contributed by atoms with Gasteiger partial charge in [-0.25, -0.2) is 0 Å². The molecule has 1 aliphatic rings. The summed E-state index contributed by atoms with van der Waals surface area (Å²) >= 11 is 0. The molecule has 0 bridgehead atoms. The Bertz CT molecular complexity index is 815. The molecule has 0 N–H and O–H groups in total. The number of ether oxygens (including phenoxy) is 4. The Balaban J connectivity index is 1.38. The highest BCUT2D eigenvalue weighted by molar-refractivity contribution is 5.95. The molecule has 1 heterocycles. The summed E-state index contributed by atoms with van der Waals surface area (Å²) in [5.41, 5.74) is 1.92. The Hall–Kier alpha value is -2.73. The van der Waals surface area contributed by atoms with Crippen molar-refractivity contribution in [2.24, 2.45) is 0 Å². The van der Waals surface area contributed by atoms with E-state index in [-0.39, 0.29) is 5.91 Å². The Kier molecular flexibility index (Phi) is 9.03. The molecule has 1 amide bonds. The summed E-state index contributed by atoms with van der Waals surface area (Å²) in [5.74, 6) is 2.16. The SMILES string of the molecule is CCc1ccc(OCCCCCOc2ccc(C(=O)N3CCOCC3)cc2OC)cc1. The lowest BCUT2D eigenvalue weighted by Crippen LogP contribution is -2.40. The number of unbranched alkanes of at least 4 members (excludes halogenated alkanes) is 2. The first-order chi connectivity index (χ1) is 15.2. The minimum atomic E-state index is -0.00233. The van der Waals surface area contributed by atoms with Crippen molar-refractivity contribution in [1.82, 2.24) is 4.90 Å². The standard InChI is InChI=1S/C25H33NO5/c1-3-20-7-10-22(11-8-20)30-15-5-4-6-16-31-23-12-9-21(19-24(23)28-2)25(27)26-13-17-29-18-14-26/h7-12,19H,3-6,13-18H2,1-2H3. The smallest absolute Gasteiger partial charge is 0.254 e. The molecule has 0 aliphatic carbocycles. The first-order valence-electron chi connectivity index (χ1n) is 11.1. The number of carbonyl (C=O) groups excluding carboxylic acids is 1. The predicted molar refractivity (Wildman–Crippen MR) is 120 cm³/mol. The van der Waals surface area contributed by atoms with Gasteiger partial charge in [0.15, 0.2) is 11.5 Å². The molecule has 2 aromatic carbocycles. The maximum absolute atomic E-state index is 12.6. The van der Waals surface area contributed by atoms with Crippen LogP contribution >= 0.6 is 0 Å².